The third-order valence-corrected chi connectivity index (χ3v) is 2.67. The van der Waals surface area contributed by atoms with Crippen molar-refractivity contribution < 1.29 is 0 Å². The van der Waals surface area contributed by atoms with E-state index in [4.69, 9.17) is 23.2 Å². The Kier molecular flexibility index (Phi) is 3.03. The minimum Gasteiger partial charge on any atom is -0.347 e. The monoisotopic (exact) mass is 243 g/mol. The summed E-state index contributed by atoms with van der Waals surface area (Å²) in [6, 6.07) is 5.45. The molecule has 78 valence electrons. The summed E-state index contributed by atoms with van der Waals surface area (Å²) in [7, 11) is 0. The second-order valence-corrected chi connectivity index (χ2v) is 3.59. The van der Waals surface area contributed by atoms with E-state index in [2.05, 4.69) is 25.9 Å². The third kappa shape index (κ3) is 2.37. The van der Waals surface area contributed by atoms with E-state index in [0.29, 0.717) is 22.5 Å². The van der Waals surface area contributed by atoms with Crippen molar-refractivity contribution in [3.63, 3.8) is 0 Å². The van der Waals surface area contributed by atoms with Gasteiger partial charge in [-0.25, -0.2) is 0 Å². The first kappa shape index (κ1) is 10.2. The predicted molar refractivity (Wildman–Crippen MR) is 58.0 cm³/mol. The largest absolute Gasteiger partial charge is 0.347 e. The molecule has 0 aliphatic carbocycles. The molecule has 0 bridgehead atoms. The molecular weight excluding hydrogens is 237 g/mol. The number of nitrogens with one attached hydrogen (secondary N) is 2. The Hall–Kier alpha value is -1.33. The highest BCUT2D eigenvalue weighted by molar-refractivity contribution is 6.42. The maximum atomic E-state index is 6.00. The Morgan fingerprint density at radius 1 is 1.33 bits per heavy atom. The highest BCUT2D eigenvalue weighted by Gasteiger charge is 2.04. The molecule has 7 heteroatoms. The summed E-state index contributed by atoms with van der Waals surface area (Å²) in [4.78, 5) is 0. The summed E-state index contributed by atoms with van der Waals surface area (Å²) in [5.74, 6) is 0.422. The van der Waals surface area contributed by atoms with Crippen LogP contribution in [0.3, 0.4) is 0 Å². The first-order valence-electron chi connectivity index (χ1n) is 4.17. The molecule has 0 saturated heterocycles. The number of benzene rings is 1. The second-order valence-electron chi connectivity index (χ2n) is 2.80. The van der Waals surface area contributed by atoms with Gasteiger partial charge < -0.3 is 5.32 Å². The van der Waals surface area contributed by atoms with Gasteiger partial charge in [-0.3, -0.25) is 0 Å². The van der Waals surface area contributed by atoms with Crippen molar-refractivity contribution in [2.75, 3.05) is 5.32 Å². The maximum Gasteiger partial charge on any atom is 0.263 e. The predicted octanol–water partition coefficient (Wildman–Crippen LogP) is 2.12. The minimum absolute atomic E-state index is 0.422. The van der Waals surface area contributed by atoms with Gasteiger partial charge >= 0.3 is 0 Å². The van der Waals surface area contributed by atoms with E-state index in [1.165, 1.54) is 0 Å². The molecule has 2 N–H and O–H groups in total. The second kappa shape index (κ2) is 4.46. The Bertz CT molecular complexity index is 442. The van der Waals surface area contributed by atoms with Crippen molar-refractivity contribution in [1.82, 2.24) is 20.6 Å². The summed E-state index contributed by atoms with van der Waals surface area (Å²) in [5.41, 5.74) is 0.883. The number of hydrogen-bond donors (Lipinski definition) is 2. The molecule has 0 spiro atoms. The van der Waals surface area contributed by atoms with Crippen molar-refractivity contribution in [3.05, 3.63) is 33.8 Å². The third-order valence-electron chi connectivity index (χ3n) is 1.81. The van der Waals surface area contributed by atoms with Gasteiger partial charge in [0, 0.05) is 6.54 Å². The smallest absolute Gasteiger partial charge is 0.263 e. The van der Waals surface area contributed by atoms with Crippen LogP contribution in [0.25, 0.3) is 0 Å². The van der Waals surface area contributed by atoms with E-state index in [1.54, 1.807) is 6.07 Å². The molecule has 0 aliphatic rings. The molecule has 1 heterocycles. The molecule has 0 aliphatic heterocycles. The van der Waals surface area contributed by atoms with E-state index in [0.717, 1.165) is 5.56 Å². The van der Waals surface area contributed by atoms with Crippen LogP contribution in [-0.2, 0) is 6.54 Å². The number of anilines is 1. The average molecular weight is 244 g/mol. The van der Waals surface area contributed by atoms with Crippen LogP contribution >= 0.6 is 23.2 Å². The minimum atomic E-state index is 0.422. The van der Waals surface area contributed by atoms with Crippen LogP contribution in [0.2, 0.25) is 10.0 Å². The zero-order chi connectivity index (χ0) is 10.7. The SMILES string of the molecule is Clc1cccc(CNc2nn[nH]n2)c1Cl. The van der Waals surface area contributed by atoms with Gasteiger partial charge in [0.1, 0.15) is 0 Å². The normalized spacial score (nSPS) is 10.3. The van der Waals surface area contributed by atoms with Crippen LogP contribution in [0.15, 0.2) is 18.2 Å². The first-order chi connectivity index (χ1) is 7.27. The van der Waals surface area contributed by atoms with Crippen LogP contribution in [0, 0.1) is 0 Å². The van der Waals surface area contributed by atoms with Crippen molar-refractivity contribution in [2.45, 2.75) is 6.54 Å². The van der Waals surface area contributed by atoms with E-state index < -0.39 is 0 Å². The van der Waals surface area contributed by atoms with Crippen molar-refractivity contribution in [1.29, 1.82) is 0 Å². The topological polar surface area (TPSA) is 66.5 Å². The molecule has 5 nitrogen and oxygen atoms in total. The highest BCUT2D eigenvalue weighted by atomic mass is 35.5. The number of H-pyrrole nitrogens is 1. The fourth-order valence-corrected chi connectivity index (χ4v) is 1.48. The zero-order valence-electron chi connectivity index (χ0n) is 7.54. The van der Waals surface area contributed by atoms with E-state index >= 15 is 0 Å². The van der Waals surface area contributed by atoms with Crippen molar-refractivity contribution in [3.8, 4) is 0 Å². The first-order valence-corrected chi connectivity index (χ1v) is 4.93. The number of nitrogens with zero attached hydrogens (tertiary/aromatic N) is 3. The van der Waals surface area contributed by atoms with Gasteiger partial charge in [0.15, 0.2) is 0 Å². The molecule has 1 aromatic carbocycles. The summed E-state index contributed by atoms with van der Waals surface area (Å²) in [5, 5.41) is 17.3. The number of rotatable bonds is 3. The number of hydrogen-bond acceptors (Lipinski definition) is 4. The molecule has 0 radical (unpaired) electrons. The van der Waals surface area contributed by atoms with Gasteiger partial charge in [-0.1, -0.05) is 40.4 Å². The lowest BCUT2D eigenvalue weighted by Gasteiger charge is -2.05. The molecule has 2 aromatic rings. The number of halogens is 2. The van der Waals surface area contributed by atoms with Crippen LogP contribution < -0.4 is 5.32 Å². The summed E-state index contributed by atoms with van der Waals surface area (Å²) in [6.07, 6.45) is 0. The van der Waals surface area contributed by atoms with Gasteiger partial charge in [-0.15, -0.1) is 5.10 Å². The lowest BCUT2D eigenvalue weighted by atomic mass is 10.2. The zero-order valence-corrected chi connectivity index (χ0v) is 9.05. The number of aromatic amines is 1. The quantitative estimate of drug-likeness (QED) is 0.867. The van der Waals surface area contributed by atoms with E-state index in [-0.39, 0.29) is 0 Å². The van der Waals surface area contributed by atoms with E-state index in [1.807, 2.05) is 12.1 Å². The fraction of sp³-hybridized carbons (Fsp3) is 0.125. The molecule has 2 rings (SSSR count). The van der Waals surface area contributed by atoms with Gasteiger partial charge in [-0.05, 0) is 16.8 Å². The fourth-order valence-electron chi connectivity index (χ4n) is 1.10. The van der Waals surface area contributed by atoms with Gasteiger partial charge in [0.2, 0.25) is 0 Å². The van der Waals surface area contributed by atoms with Gasteiger partial charge in [-0.2, -0.15) is 5.21 Å². The molecule has 0 saturated carbocycles. The molecule has 0 amide bonds. The maximum absolute atomic E-state index is 6.00. The van der Waals surface area contributed by atoms with Gasteiger partial charge in [0.05, 0.1) is 10.0 Å². The lowest BCUT2D eigenvalue weighted by molar-refractivity contribution is 0.881. The van der Waals surface area contributed by atoms with Crippen LogP contribution in [0.4, 0.5) is 5.95 Å². The highest BCUT2D eigenvalue weighted by Crippen LogP contribution is 2.25. The molecule has 0 unspecified atom stereocenters. The Morgan fingerprint density at radius 2 is 2.20 bits per heavy atom. The molecule has 15 heavy (non-hydrogen) atoms. The molecule has 0 atom stereocenters. The molecule has 1 aromatic heterocycles. The van der Waals surface area contributed by atoms with Crippen LogP contribution in [0.1, 0.15) is 5.56 Å². The van der Waals surface area contributed by atoms with Crippen molar-refractivity contribution >= 4 is 29.2 Å². The van der Waals surface area contributed by atoms with E-state index in [9.17, 15) is 0 Å². The van der Waals surface area contributed by atoms with Crippen LogP contribution in [-0.4, -0.2) is 20.6 Å². The average Bonchev–Trinajstić information content (AvgIpc) is 2.73. The Morgan fingerprint density at radius 3 is 2.93 bits per heavy atom. The summed E-state index contributed by atoms with van der Waals surface area (Å²) >= 11 is 11.9. The molecule has 0 fully saturated rings. The lowest BCUT2D eigenvalue weighted by Crippen LogP contribution is -2.01. The summed E-state index contributed by atoms with van der Waals surface area (Å²) in [6.45, 7) is 0.499. The van der Waals surface area contributed by atoms with Gasteiger partial charge in [0.25, 0.3) is 5.95 Å². The van der Waals surface area contributed by atoms with Crippen molar-refractivity contribution in [2.24, 2.45) is 0 Å². The summed E-state index contributed by atoms with van der Waals surface area (Å²) < 4.78 is 0. The Balaban J connectivity index is 2.08. The standard InChI is InChI=1S/C8H7Cl2N5/c9-6-3-1-2-5(7(6)10)4-11-8-12-14-15-13-8/h1-3H,4H2,(H2,11,12,13,14,15). The molecular formula is C8H7Cl2N5. The number of aromatic nitrogens is 4. The number of tetrazole rings is 1. The Labute approximate surface area is 95.8 Å². The van der Waals surface area contributed by atoms with Crippen LogP contribution in [0.5, 0.6) is 0 Å².